The molecule has 6 nitrogen and oxygen atoms in total. The summed E-state index contributed by atoms with van der Waals surface area (Å²) in [5, 5.41) is 3.85. The van der Waals surface area contributed by atoms with E-state index in [0.717, 1.165) is 5.56 Å². The first kappa shape index (κ1) is 34.1. The standard InChI is InChI=1S/C44H40O6P2/c1-29-27-37(52(46,33-23-15-9-16-24-33)34-25-17-10-18-26-34)38(42-39(29)47-43(3,4)50-42)35-28-36(30(2)40-41(35)49-44(5,6)48-40)51(45,31-19-11-7-12-20-31)32-21-13-8-14-22-32/h7-28H,1-6H3. The summed E-state index contributed by atoms with van der Waals surface area (Å²) in [7, 11) is -7.16. The Hall–Kier alpha value is -5.02. The molecule has 8 rings (SSSR count). The third-order valence-corrected chi connectivity index (χ3v) is 16.0. The first-order valence-corrected chi connectivity index (χ1v) is 20.8. The molecule has 0 unspecified atom stereocenters. The van der Waals surface area contributed by atoms with Crippen LogP contribution in [0.3, 0.4) is 0 Å². The monoisotopic (exact) mass is 726 g/mol. The summed E-state index contributed by atoms with van der Waals surface area (Å²) in [5.41, 5.74) is 2.60. The van der Waals surface area contributed by atoms with Crippen LogP contribution in [0, 0.1) is 13.8 Å². The molecule has 0 saturated heterocycles. The van der Waals surface area contributed by atoms with Gasteiger partial charge in [0.15, 0.2) is 37.3 Å². The minimum Gasteiger partial charge on any atom is -0.449 e. The summed E-state index contributed by atoms with van der Waals surface area (Å²) in [6.07, 6.45) is 0. The summed E-state index contributed by atoms with van der Waals surface area (Å²) in [6, 6.07) is 42.1. The lowest BCUT2D eigenvalue weighted by molar-refractivity contribution is -0.0444. The number of hydrogen-bond acceptors (Lipinski definition) is 6. The van der Waals surface area contributed by atoms with Gasteiger partial charge in [-0.1, -0.05) is 121 Å². The van der Waals surface area contributed by atoms with Crippen LogP contribution in [0.15, 0.2) is 133 Å². The molecule has 262 valence electrons. The van der Waals surface area contributed by atoms with Crippen molar-refractivity contribution in [2.75, 3.05) is 0 Å². The van der Waals surface area contributed by atoms with Crippen LogP contribution < -0.4 is 50.8 Å². The fraction of sp³-hybridized carbons (Fsp3) is 0.182. The highest BCUT2D eigenvalue weighted by Crippen LogP contribution is 2.59. The van der Waals surface area contributed by atoms with E-state index >= 15 is 9.13 Å². The molecule has 8 heteroatoms. The van der Waals surface area contributed by atoms with Crippen molar-refractivity contribution in [1.82, 2.24) is 0 Å². The Balaban J connectivity index is 1.54. The normalized spacial score (nSPS) is 15.4. The van der Waals surface area contributed by atoms with Crippen molar-refractivity contribution in [3.8, 4) is 34.1 Å². The predicted molar refractivity (Wildman–Crippen MR) is 211 cm³/mol. The van der Waals surface area contributed by atoms with Gasteiger partial charge >= 0.3 is 0 Å². The SMILES string of the molecule is Cc1cc(P(=O)(c2ccccc2)c2ccccc2)c(-c2cc(P(=O)(c3ccccc3)c3ccccc3)c(C)c3c2OC(C)(C)O3)c2c1OC(C)(C)O2. The zero-order valence-electron chi connectivity index (χ0n) is 30.0. The second-order valence-corrected chi connectivity index (χ2v) is 19.7. The van der Waals surface area contributed by atoms with Crippen molar-refractivity contribution >= 4 is 46.1 Å². The zero-order valence-corrected chi connectivity index (χ0v) is 31.8. The zero-order chi connectivity index (χ0) is 36.5. The molecular weight excluding hydrogens is 686 g/mol. The third kappa shape index (κ3) is 5.40. The maximum absolute atomic E-state index is 16.3. The molecule has 0 aliphatic carbocycles. The van der Waals surface area contributed by atoms with Gasteiger partial charge < -0.3 is 28.1 Å². The molecule has 6 aromatic carbocycles. The summed E-state index contributed by atoms with van der Waals surface area (Å²) >= 11 is 0. The maximum atomic E-state index is 16.3. The Morgan fingerprint density at radius 3 is 1.25 bits per heavy atom. The van der Waals surface area contributed by atoms with E-state index in [2.05, 4.69) is 0 Å². The van der Waals surface area contributed by atoms with Crippen molar-refractivity contribution in [2.45, 2.75) is 53.1 Å². The van der Waals surface area contributed by atoms with Gasteiger partial charge in [0.2, 0.25) is 11.6 Å². The van der Waals surface area contributed by atoms with Gasteiger partial charge in [-0.25, -0.2) is 0 Å². The summed E-state index contributed by atoms with van der Waals surface area (Å²) < 4.78 is 58.8. The Bertz CT molecular complexity index is 2340. The van der Waals surface area contributed by atoms with Crippen molar-refractivity contribution < 1.29 is 28.1 Å². The number of rotatable bonds is 7. The second-order valence-electron chi connectivity index (χ2n) is 14.2. The van der Waals surface area contributed by atoms with Gasteiger partial charge in [0.05, 0.1) is 0 Å². The van der Waals surface area contributed by atoms with Crippen LogP contribution in [0.2, 0.25) is 0 Å². The Kier molecular flexibility index (Phi) is 8.06. The summed E-state index contributed by atoms with van der Waals surface area (Å²) in [4.78, 5) is 0. The van der Waals surface area contributed by atoms with E-state index in [0.29, 0.717) is 71.5 Å². The van der Waals surface area contributed by atoms with E-state index in [1.54, 1.807) is 0 Å². The molecule has 2 heterocycles. The number of ether oxygens (including phenoxy) is 4. The lowest BCUT2D eigenvalue weighted by Crippen LogP contribution is -2.30. The quantitative estimate of drug-likeness (QED) is 0.154. The number of hydrogen-bond donors (Lipinski definition) is 0. The van der Waals surface area contributed by atoms with E-state index in [1.807, 2.05) is 175 Å². The number of fused-ring (bicyclic) bond motifs is 2. The lowest BCUT2D eigenvalue weighted by Gasteiger charge is -2.27. The molecule has 0 N–H and O–H groups in total. The maximum Gasteiger partial charge on any atom is 0.246 e. The minimum absolute atomic E-state index is 0.451. The summed E-state index contributed by atoms with van der Waals surface area (Å²) in [5.74, 6) is -0.103. The van der Waals surface area contributed by atoms with Gasteiger partial charge in [0.1, 0.15) is 0 Å². The average molecular weight is 727 g/mol. The van der Waals surface area contributed by atoms with Crippen LogP contribution in [0.1, 0.15) is 38.8 Å². The Labute approximate surface area is 305 Å². The lowest BCUT2D eigenvalue weighted by atomic mass is 9.98. The van der Waals surface area contributed by atoms with E-state index in [9.17, 15) is 0 Å². The molecule has 6 aromatic rings. The largest absolute Gasteiger partial charge is 0.449 e. The molecule has 52 heavy (non-hydrogen) atoms. The second kappa shape index (κ2) is 12.3. The van der Waals surface area contributed by atoms with Gasteiger partial charge in [-0.2, -0.15) is 0 Å². The van der Waals surface area contributed by atoms with Gasteiger partial charge in [-0.05, 0) is 31.5 Å². The van der Waals surface area contributed by atoms with Gasteiger partial charge in [-0.15, -0.1) is 0 Å². The van der Waals surface area contributed by atoms with Crippen LogP contribution in [-0.4, -0.2) is 11.6 Å². The third-order valence-electron chi connectivity index (χ3n) is 9.68. The van der Waals surface area contributed by atoms with Crippen molar-refractivity contribution in [1.29, 1.82) is 0 Å². The Morgan fingerprint density at radius 2 is 0.808 bits per heavy atom. The predicted octanol–water partition coefficient (Wildman–Crippen LogP) is 8.26. The molecule has 0 aromatic heterocycles. The highest BCUT2D eigenvalue weighted by molar-refractivity contribution is 7.86. The Morgan fingerprint density at radius 1 is 0.442 bits per heavy atom. The van der Waals surface area contributed by atoms with Gasteiger partial charge in [0.25, 0.3) is 0 Å². The average Bonchev–Trinajstić information content (AvgIpc) is 3.68. The van der Waals surface area contributed by atoms with E-state index in [1.165, 1.54) is 0 Å². The van der Waals surface area contributed by atoms with E-state index in [-0.39, 0.29) is 0 Å². The summed E-state index contributed by atoms with van der Waals surface area (Å²) in [6.45, 7) is 11.3. The molecule has 2 aliphatic heterocycles. The van der Waals surface area contributed by atoms with Gasteiger partial charge in [0, 0.05) is 76.2 Å². The molecule has 0 fully saturated rings. The van der Waals surface area contributed by atoms with E-state index in [4.69, 9.17) is 18.9 Å². The number of benzene rings is 6. The fourth-order valence-electron chi connectivity index (χ4n) is 7.37. The molecule has 0 spiro atoms. The first-order valence-electron chi connectivity index (χ1n) is 17.4. The van der Waals surface area contributed by atoms with Crippen molar-refractivity contribution in [3.63, 3.8) is 0 Å². The van der Waals surface area contributed by atoms with Gasteiger partial charge in [-0.3, -0.25) is 0 Å². The van der Waals surface area contributed by atoms with Crippen LogP contribution >= 0.6 is 14.3 Å². The topological polar surface area (TPSA) is 71.1 Å². The van der Waals surface area contributed by atoms with Crippen molar-refractivity contribution in [3.05, 3.63) is 145 Å². The van der Waals surface area contributed by atoms with Crippen LogP contribution in [-0.2, 0) is 9.13 Å². The fourth-order valence-corrected chi connectivity index (χ4v) is 13.2. The minimum atomic E-state index is -3.62. The van der Waals surface area contributed by atoms with Crippen LogP contribution in [0.5, 0.6) is 23.0 Å². The molecule has 0 amide bonds. The highest BCUT2D eigenvalue weighted by Gasteiger charge is 2.46. The van der Waals surface area contributed by atoms with Crippen LogP contribution in [0.4, 0.5) is 0 Å². The molecule has 0 radical (unpaired) electrons. The first-order chi connectivity index (χ1) is 24.8. The molecule has 2 aliphatic rings. The van der Waals surface area contributed by atoms with Crippen LogP contribution in [0.25, 0.3) is 11.1 Å². The molecule has 0 atom stereocenters. The molecule has 0 saturated carbocycles. The molecule has 0 bridgehead atoms. The van der Waals surface area contributed by atoms with E-state index < -0.39 is 25.9 Å². The number of aryl methyl sites for hydroxylation is 1. The smallest absolute Gasteiger partial charge is 0.246 e. The highest BCUT2D eigenvalue weighted by atomic mass is 31.2. The molecular formula is C44H40O6P2. The van der Waals surface area contributed by atoms with Crippen molar-refractivity contribution in [2.24, 2.45) is 0 Å².